The van der Waals surface area contributed by atoms with Crippen LogP contribution in [0, 0.1) is 0 Å². The van der Waals surface area contributed by atoms with Gasteiger partial charge in [-0.1, -0.05) is 30.3 Å². The second-order valence-corrected chi connectivity index (χ2v) is 6.41. The van der Waals surface area contributed by atoms with Crippen molar-refractivity contribution in [1.82, 2.24) is 19.8 Å². The first-order valence-electron chi connectivity index (χ1n) is 8.51. The smallest absolute Gasteiger partial charge is 0.265 e. The van der Waals surface area contributed by atoms with Gasteiger partial charge in [-0.15, -0.1) is 0 Å². The fourth-order valence-electron chi connectivity index (χ4n) is 2.77. The molecular formula is C20H22N4O2. The third-order valence-corrected chi connectivity index (χ3v) is 4.12. The Morgan fingerprint density at radius 3 is 2.65 bits per heavy atom. The number of rotatable bonds is 6. The van der Waals surface area contributed by atoms with Crippen LogP contribution >= 0.6 is 0 Å². The van der Waals surface area contributed by atoms with Crippen LogP contribution in [0.2, 0.25) is 0 Å². The summed E-state index contributed by atoms with van der Waals surface area (Å²) in [6.07, 6.45) is 1.65. The lowest BCUT2D eigenvalue weighted by molar-refractivity contribution is 0.0949. The number of fused-ring (bicyclic) bond motifs is 1. The van der Waals surface area contributed by atoms with Gasteiger partial charge in [0, 0.05) is 24.7 Å². The average molecular weight is 350 g/mol. The molecule has 0 bridgehead atoms. The Kier molecular flexibility index (Phi) is 5.43. The fourth-order valence-corrected chi connectivity index (χ4v) is 2.77. The van der Waals surface area contributed by atoms with Crippen molar-refractivity contribution in [3.63, 3.8) is 0 Å². The monoisotopic (exact) mass is 350 g/mol. The summed E-state index contributed by atoms with van der Waals surface area (Å²) in [6.45, 7) is 1.56. The summed E-state index contributed by atoms with van der Waals surface area (Å²) in [5.41, 5.74) is 1.36. The van der Waals surface area contributed by atoms with Gasteiger partial charge in [0.05, 0.1) is 6.54 Å². The molecule has 0 saturated carbocycles. The molecule has 1 N–H and O–H groups in total. The number of nitrogens with zero attached hydrogens (tertiary/aromatic N) is 3. The van der Waals surface area contributed by atoms with Crippen LogP contribution in [0.25, 0.3) is 11.0 Å². The normalized spacial score (nSPS) is 11.0. The molecule has 134 valence electrons. The van der Waals surface area contributed by atoms with Gasteiger partial charge in [0.25, 0.3) is 11.5 Å². The van der Waals surface area contributed by atoms with Crippen LogP contribution in [0.1, 0.15) is 15.9 Å². The molecule has 26 heavy (non-hydrogen) atoms. The van der Waals surface area contributed by atoms with E-state index < -0.39 is 0 Å². The third kappa shape index (κ3) is 3.97. The van der Waals surface area contributed by atoms with Gasteiger partial charge in [0.15, 0.2) is 0 Å². The van der Waals surface area contributed by atoms with Crippen LogP contribution in [-0.4, -0.2) is 47.5 Å². The number of benzene rings is 1. The molecule has 1 amide bonds. The van der Waals surface area contributed by atoms with Gasteiger partial charge in [-0.25, -0.2) is 4.98 Å². The Labute approximate surface area is 152 Å². The Balaban J connectivity index is 2.01. The summed E-state index contributed by atoms with van der Waals surface area (Å²) >= 11 is 0. The first-order chi connectivity index (χ1) is 12.6. The van der Waals surface area contributed by atoms with Crippen molar-refractivity contribution in [3.05, 3.63) is 76.2 Å². The van der Waals surface area contributed by atoms with E-state index in [-0.39, 0.29) is 17.0 Å². The highest BCUT2D eigenvalue weighted by molar-refractivity contribution is 5.96. The van der Waals surface area contributed by atoms with Crippen molar-refractivity contribution in [2.24, 2.45) is 0 Å². The highest BCUT2D eigenvalue weighted by atomic mass is 16.2. The van der Waals surface area contributed by atoms with Crippen LogP contribution in [-0.2, 0) is 6.54 Å². The summed E-state index contributed by atoms with van der Waals surface area (Å²) in [6, 6.07) is 15.0. The number of hydrogen-bond acceptors (Lipinski definition) is 4. The summed E-state index contributed by atoms with van der Waals surface area (Å²) in [4.78, 5) is 31.8. The number of nitrogens with one attached hydrogen (secondary N) is 1. The number of aromatic nitrogens is 2. The summed E-state index contributed by atoms with van der Waals surface area (Å²) in [5, 5.41) is 3.58. The van der Waals surface area contributed by atoms with Crippen LogP contribution in [0.3, 0.4) is 0 Å². The van der Waals surface area contributed by atoms with Gasteiger partial charge in [-0.2, -0.15) is 0 Å². The summed E-state index contributed by atoms with van der Waals surface area (Å²) < 4.78 is 1.56. The van der Waals surface area contributed by atoms with Crippen molar-refractivity contribution < 1.29 is 4.79 Å². The Bertz CT molecular complexity index is 964. The first kappa shape index (κ1) is 17.8. The number of carbonyl (C=O) groups excluding carboxylic acids is 1. The zero-order valence-corrected chi connectivity index (χ0v) is 15.0. The van der Waals surface area contributed by atoms with E-state index in [1.165, 1.54) is 0 Å². The molecule has 2 aromatic heterocycles. The summed E-state index contributed by atoms with van der Waals surface area (Å²) in [5.74, 6) is -0.357. The van der Waals surface area contributed by atoms with Crippen molar-refractivity contribution in [2.75, 3.05) is 27.2 Å². The topological polar surface area (TPSA) is 67.2 Å². The first-order valence-corrected chi connectivity index (χ1v) is 8.51. The minimum absolute atomic E-state index is 0.139. The number of hydrogen-bond donors (Lipinski definition) is 1. The quantitative estimate of drug-likeness (QED) is 0.735. The average Bonchev–Trinajstić information content (AvgIpc) is 2.64. The van der Waals surface area contributed by atoms with E-state index in [4.69, 9.17) is 0 Å². The molecule has 1 aromatic carbocycles. The van der Waals surface area contributed by atoms with Crippen molar-refractivity contribution in [1.29, 1.82) is 0 Å². The fraction of sp³-hybridized carbons (Fsp3) is 0.250. The van der Waals surface area contributed by atoms with Crippen LogP contribution in [0.15, 0.2) is 59.5 Å². The molecule has 3 rings (SSSR count). The van der Waals surface area contributed by atoms with Gasteiger partial charge in [0.1, 0.15) is 11.2 Å². The molecular weight excluding hydrogens is 328 g/mol. The second kappa shape index (κ2) is 7.93. The van der Waals surface area contributed by atoms with E-state index in [1.807, 2.05) is 55.4 Å². The standard InChI is InChI=1S/C20H22N4O2/c1-23(2)12-11-22-19(25)17-13-16-9-6-10-21-18(16)24(20(17)26)14-15-7-4-3-5-8-15/h3-10,13H,11-12,14H2,1-2H3,(H,22,25). The van der Waals surface area contributed by atoms with Crippen LogP contribution in [0.4, 0.5) is 0 Å². The maximum Gasteiger partial charge on any atom is 0.265 e. The zero-order chi connectivity index (χ0) is 18.5. The summed E-state index contributed by atoms with van der Waals surface area (Å²) in [7, 11) is 3.86. The van der Waals surface area contributed by atoms with Crippen molar-refractivity contribution in [2.45, 2.75) is 6.54 Å². The number of pyridine rings is 2. The molecule has 0 aliphatic carbocycles. The van der Waals surface area contributed by atoms with Crippen LogP contribution in [0.5, 0.6) is 0 Å². The predicted molar refractivity (Wildman–Crippen MR) is 102 cm³/mol. The Morgan fingerprint density at radius 1 is 1.15 bits per heavy atom. The minimum atomic E-state index is -0.357. The molecule has 0 fully saturated rings. The van der Waals surface area contributed by atoms with Gasteiger partial charge in [-0.3, -0.25) is 14.2 Å². The molecule has 0 unspecified atom stereocenters. The molecule has 0 saturated heterocycles. The van der Waals surface area contributed by atoms with E-state index in [1.54, 1.807) is 22.9 Å². The molecule has 6 nitrogen and oxygen atoms in total. The third-order valence-electron chi connectivity index (χ3n) is 4.12. The SMILES string of the molecule is CN(C)CCNC(=O)c1cc2cccnc2n(Cc2ccccc2)c1=O. The molecule has 0 spiro atoms. The molecule has 0 atom stereocenters. The molecule has 0 radical (unpaired) electrons. The van der Waals surface area contributed by atoms with Crippen molar-refractivity contribution >= 4 is 16.9 Å². The maximum atomic E-state index is 13.0. The maximum absolute atomic E-state index is 13.0. The second-order valence-electron chi connectivity index (χ2n) is 6.41. The van der Waals surface area contributed by atoms with Gasteiger partial charge in [0.2, 0.25) is 0 Å². The molecule has 3 aromatic rings. The lowest BCUT2D eigenvalue weighted by Gasteiger charge is -2.13. The molecule has 0 aliphatic rings. The van der Waals surface area contributed by atoms with E-state index in [9.17, 15) is 9.59 Å². The number of likely N-dealkylation sites (N-methyl/N-ethyl adjacent to an activating group) is 1. The van der Waals surface area contributed by atoms with E-state index in [2.05, 4.69) is 10.3 Å². The van der Waals surface area contributed by atoms with Crippen LogP contribution < -0.4 is 10.9 Å². The van der Waals surface area contributed by atoms with Crippen molar-refractivity contribution in [3.8, 4) is 0 Å². The number of amides is 1. The largest absolute Gasteiger partial charge is 0.351 e. The lowest BCUT2D eigenvalue weighted by Crippen LogP contribution is -2.36. The highest BCUT2D eigenvalue weighted by Gasteiger charge is 2.16. The van der Waals surface area contributed by atoms with Gasteiger partial charge >= 0.3 is 0 Å². The van der Waals surface area contributed by atoms with E-state index in [0.717, 1.165) is 10.9 Å². The molecule has 2 heterocycles. The highest BCUT2D eigenvalue weighted by Crippen LogP contribution is 2.13. The van der Waals surface area contributed by atoms with E-state index in [0.29, 0.717) is 25.3 Å². The van der Waals surface area contributed by atoms with Gasteiger partial charge < -0.3 is 10.2 Å². The minimum Gasteiger partial charge on any atom is -0.351 e. The Hall–Kier alpha value is -2.99. The Morgan fingerprint density at radius 2 is 1.92 bits per heavy atom. The number of carbonyl (C=O) groups is 1. The predicted octanol–water partition coefficient (Wildman–Crippen LogP) is 1.74. The van der Waals surface area contributed by atoms with E-state index >= 15 is 0 Å². The lowest BCUT2D eigenvalue weighted by atomic mass is 10.1. The molecule has 6 heteroatoms. The molecule has 0 aliphatic heterocycles. The van der Waals surface area contributed by atoms with Gasteiger partial charge in [-0.05, 0) is 37.9 Å². The zero-order valence-electron chi connectivity index (χ0n) is 15.0.